The number of aryl methyl sites for hydroxylation is 3. The molecule has 154 valence electrons. The van der Waals surface area contributed by atoms with Gasteiger partial charge in [-0.2, -0.15) is 0 Å². The Hall–Kier alpha value is -2.40. The summed E-state index contributed by atoms with van der Waals surface area (Å²) < 4.78 is 12.4. The zero-order valence-electron chi connectivity index (χ0n) is 17.6. The monoisotopic (exact) mass is 394 g/mol. The Bertz CT molecular complexity index is 887. The SMILES string of the molecule is Cc1ccnc(OC2CCOC3(CCN(C(=O)c4ccc(C)cc4C)CC3)C2)c1. The van der Waals surface area contributed by atoms with Crippen molar-refractivity contribution in [3.63, 3.8) is 0 Å². The molecule has 0 aliphatic carbocycles. The van der Waals surface area contributed by atoms with Crippen LogP contribution >= 0.6 is 0 Å². The molecular formula is C24H30N2O3. The van der Waals surface area contributed by atoms with E-state index in [1.54, 1.807) is 6.20 Å². The lowest BCUT2D eigenvalue weighted by Crippen LogP contribution is -2.52. The maximum atomic E-state index is 13.0. The maximum Gasteiger partial charge on any atom is 0.254 e. The molecule has 2 aromatic rings. The zero-order chi connectivity index (χ0) is 20.4. The number of hydrogen-bond donors (Lipinski definition) is 0. The van der Waals surface area contributed by atoms with E-state index in [4.69, 9.17) is 9.47 Å². The fraction of sp³-hybridized carbons (Fsp3) is 0.500. The average Bonchev–Trinajstić information content (AvgIpc) is 2.68. The minimum absolute atomic E-state index is 0.111. The molecule has 1 unspecified atom stereocenters. The zero-order valence-corrected chi connectivity index (χ0v) is 17.6. The van der Waals surface area contributed by atoms with E-state index in [0.29, 0.717) is 12.5 Å². The second kappa shape index (κ2) is 8.15. The Balaban J connectivity index is 1.38. The Kier molecular flexibility index (Phi) is 5.59. The van der Waals surface area contributed by atoms with Crippen molar-refractivity contribution in [2.24, 2.45) is 0 Å². The molecule has 0 N–H and O–H groups in total. The van der Waals surface area contributed by atoms with E-state index in [9.17, 15) is 4.79 Å². The summed E-state index contributed by atoms with van der Waals surface area (Å²) in [4.78, 5) is 19.3. The van der Waals surface area contributed by atoms with Crippen molar-refractivity contribution in [1.82, 2.24) is 9.88 Å². The largest absolute Gasteiger partial charge is 0.474 e. The summed E-state index contributed by atoms with van der Waals surface area (Å²) in [5, 5.41) is 0. The molecule has 3 heterocycles. The second-order valence-electron chi connectivity index (χ2n) is 8.55. The van der Waals surface area contributed by atoms with Gasteiger partial charge >= 0.3 is 0 Å². The minimum atomic E-state index is -0.189. The number of piperidine rings is 1. The molecular weight excluding hydrogens is 364 g/mol. The molecule has 4 rings (SSSR count). The number of benzene rings is 1. The second-order valence-corrected chi connectivity index (χ2v) is 8.55. The summed E-state index contributed by atoms with van der Waals surface area (Å²) in [7, 11) is 0. The molecule has 1 aromatic heterocycles. The van der Waals surface area contributed by atoms with Crippen molar-refractivity contribution in [3.05, 3.63) is 58.8 Å². The van der Waals surface area contributed by atoms with Crippen LogP contribution in [0.5, 0.6) is 5.88 Å². The van der Waals surface area contributed by atoms with Crippen LogP contribution in [-0.4, -0.2) is 47.2 Å². The number of carbonyl (C=O) groups is 1. The van der Waals surface area contributed by atoms with Gasteiger partial charge in [-0.1, -0.05) is 17.7 Å². The van der Waals surface area contributed by atoms with Crippen LogP contribution in [0, 0.1) is 20.8 Å². The van der Waals surface area contributed by atoms with Crippen LogP contribution in [0.1, 0.15) is 52.7 Å². The third-order valence-corrected chi connectivity index (χ3v) is 6.20. The summed E-state index contributed by atoms with van der Waals surface area (Å²) in [5.74, 6) is 0.819. The van der Waals surface area contributed by atoms with E-state index in [1.807, 2.05) is 43.0 Å². The Labute approximate surface area is 173 Å². The van der Waals surface area contributed by atoms with Crippen LogP contribution in [0.25, 0.3) is 0 Å². The molecule has 1 spiro atoms. The van der Waals surface area contributed by atoms with Crippen molar-refractivity contribution in [2.45, 2.75) is 58.2 Å². The highest BCUT2D eigenvalue weighted by molar-refractivity contribution is 5.95. The van der Waals surface area contributed by atoms with Gasteiger partial charge in [0.2, 0.25) is 5.88 Å². The van der Waals surface area contributed by atoms with E-state index < -0.39 is 0 Å². The van der Waals surface area contributed by atoms with Gasteiger partial charge in [-0.05, 0) is 56.9 Å². The molecule has 2 fully saturated rings. The smallest absolute Gasteiger partial charge is 0.254 e. The highest BCUT2D eigenvalue weighted by Crippen LogP contribution is 2.36. The van der Waals surface area contributed by atoms with E-state index in [-0.39, 0.29) is 17.6 Å². The van der Waals surface area contributed by atoms with Crippen LogP contribution in [0.4, 0.5) is 0 Å². The number of rotatable bonds is 3. The summed E-state index contributed by atoms with van der Waals surface area (Å²) >= 11 is 0. The van der Waals surface area contributed by atoms with Gasteiger partial charge < -0.3 is 14.4 Å². The number of ether oxygens (including phenoxy) is 2. The summed E-state index contributed by atoms with van der Waals surface area (Å²) in [6, 6.07) is 9.99. The first-order valence-corrected chi connectivity index (χ1v) is 10.5. The van der Waals surface area contributed by atoms with Gasteiger partial charge in [0.15, 0.2) is 0 Å². The van der Waals surface area contributed by atoms with Gasteiger partial charge in [0.1, 0.15) is 6.10 Å². The first-order valence-electron chi connectivity index (χ1n) is 10.5. The van der Waals surface area contributed by atoms with Gasteiger partial charge in [-0.25, -0.2) is 4.98 Å². The third kappa shape index (κ3) is 4.45. The molecule has 1 atom stereocenters. The number of amides is 1. The molecule has 2 saturated heterocycles. The molecule has 5 heteroatoms. The van der Waals surface area contributed by atoms with Gasteiger partial charge in [0.25, 0.3) is 5.91 Å². The molecule has 29 heavy (non-hydrogen) atoms. The number of nitrogens with zero attached hydrogens (tertiary/aromatic N) is 2. The number of carbonyl (C=O) groups excluding carboxylic acids is 1. The van der Waals surface area contributed by atoms with E-state index >= 15 is 0 Å². The van der Waals surface area contributed by atoms with Crippen molar-refractivity contribution in [1.29, 1.82) is 0 Å². The van der Waals surface area contributed by atoms with Gasteiger partial charge in [0, 0.05) is 43.8 Å². The van der Waals surface area contributed by atoms with Crippen molar-refractivity contribution >= 4 is 5.91 Å². The normalized spacial score (nSPS) is 21.2. The van der Waals surface area contributed by atoms with E-state index in [2.05, 4.69) is 18.0 Å². The highest BCUT2D eigenvalue weighted by Gasteiger charge is 2.42. The van der Waals surface area contributed by atoms with Gasteiger partial charge in [-0.15, -0.1) is 0 Å². The van der Waals surface area contributed by atoms with E-state index in [0.717, 1.165) is 55.5 Å². The fourth-order valence-corrected chi connectivity index (χ4v) is 4.52. The van der Waals surface area contributed by atoms with Crippen molar-refractivity contribution in [3.8, 4) is 5.88 Å². The molecule has 0 radical (unpaired) electrons. The molecule has 5 nitrogen and oxygen atoms in total. The predicted molar refractivity (Wildman–Crippen MR) is 112 cm³/mol. The van der Waals surface area contributed by atoms with Crippen molar-refractivity contribution < 1.29 is 14.3 Å². The molecule has 1 amide bonds. The molecule has 0 bridgehead atoms. The highest BCUT2D eigenvalue weighted by atomic mass is 16.5. The van der Waals surface area contributed by atoms with Gasteiger partial charge in [-0.3, -0.25) is 4.79 Å². The Morgan fingerprint density at radius 1 is 1.14 bits per heavy atom. The summed E-state index contributed by atoms with van der Waals surface area (Å²) in [5.41, 5.74) is 3.99. The number of hydrogen-bond acceptors (Lipinski definition) is 4. The van der Waals surface area contributed by atoms with Crippen LogP contribution < -0.4 is 4.74 Å². The first-order chi connectivity index (χ1) is 13.9. The lowest BCUT2D eigenvalue weighted by atomic mass is 9.83. The van der Waals surface area contributed by atoms with E-state index in [1.165, 1.54) is 5.56 Å². The van der Waals surface area contributed by atoms with Crippen LogP contribution in [-0.2, 0) is 4.74 Å². The van der Waals surface area contributed by atoms with Crippen LogP contribution in [0.2, 0.25) is 0 Å². The predicted octanol–water partition coefficient (Wildman–Crippen LogP) is 4.24. The Morgan fingerprint density at radius 3 is 2.62 bits per heavy atom. The average molecular weight is 395 g/mol. The number of pyridine rings is 1. The molecule has 1 aromatic carbocycles. The fourth-order valence-electron chi connectivity index (χ4n) is 4.52. The lowest BCUT2D eigenvalue weighted by molar-refractivity contribution is -0.135. The van der Waals surface area contributed by atoms with Crippen LogP contribution in [0.3, 0.4) is 0 Å². The van der Waals surface area contributed by atoms with Crippen LogP contribution in [0.15, 0.2) is 36.5 Å². The molecule has 2 aliphatic heterocycles. The lowest BCUT2D eigenvalue weighted by Gasteiger charge is -2.46. The first kappa shape index (κ1) is 19.9. The third-order valence-electron chi connectivity index (χ3n) is 6.20. The number of likely N-dealkylation sites (tertiary alicyclic amines) is 1. The number of aromatic nitrogens is 1. The summed E-state index contributed by atoms with van der Waals surface area (Å²) in [6.07, 6.45) is 5.34. The molecule has 0 saturated carbocycles. The summed E-state index contributed by atoms with van der Waals surface area (Å²) in [6.45, 7) is 8.25. The topological polar surface area (TPSA) is 51.7 Å². The molecule has 2 aliphatic rings. The Morgan fingerprint density at radius 2 is 1.90 bits per heavy atom. The maximum absolute atomic E-state index is 13.0. The standard InChI is InChI=1S/C24H30N2O3/c1-17-4-5-21(19(3)14-17)23(27)26-11-8-24(9-12-26)16-20(7-13-28-24)29-22-15-18(2)6-10-25-22/h4-6,10,14-15,20H,7-9,11-13,16H2,1-3H3. The van der Waals surface area contributed by atoms with Crippen molar-refractivity contribution in [2.75, 3.05) is 19.7 Å². The minimum Gasteiger partial charge on any atom is -0.474 e. The quantitative estimate of drug-likeness (QED) is 0.781. The van der Waals surface area contributed by atoms with Gasteiger partial charge in [0.05, 0.1) is 12.2 Å².